The zero-order valence-corrected chi connectivity index (χ0v) is 7.18. The second kappa shape index (κ2) is 3.76. The molecule has 4 heteroatoms. The van der Waals surface area contributed by atoms with Crippen LogP contribution in [0.15, 0.2) is 0 Å². The van der Waals surface area contributed by atoms with Crippen molar-refractivity contribution in [3.8, 4) is 0 Å². The Kier molecular flexibility index (Phi) is 2.68. The highest BCUT2D eigenvalue weighted by molar-refractivity contribution is 7.99. The van der Waals surface area contributed by atoms with E-state index in [9.17, 15) is 0 Å². The summed E-state index contributed by atoms with van der Waals surface area (Å²) in [5, 5.41) is 4.44. The highest BCUT2D eigenvalue weighted by Gasteiger charge is 2.28. The maximum Gasteiger partial charge on any atom is 0.175 e. The third kappa shape index (κ3) is 1.87. The van der Waals surface area contributed by atoms with Crippen molar-refractivity contribution in [1.29, 1.82) is 0 Å². The van der Waals surface area contributed by atoms with E-state index in [0.717, 1.165) is 31.3 Å². The van der Waals surface area contributed by atoms with Crippen molar-refractivity contribution >= 4 is 11.8 Å². The first-order valence-electron chi connectivity index (χ1n) is 3.94. The molecule has 2 saturated heterocycles. The zero-order chi connectivity index (χ0) is 7.52. The fourth-order valence-corrected chi connectivity index (χ4v) is 2.21. The van der Waals surface area contributed by atoms with Gasteiger partial charge in [0.05, 0.1) is 19.3 Å². The molecule has 0 aromatic rings. The van der Waals surface area contributed by atoms with E-state index >= 15 is 0 Å². The van der Waals surface area contributed by atoms with Crippen LogP contribution in [0.5, 0.6) is 0 Å². The Morgan fingerprint density at radius 2 is 2.09 bits per heavy atom. The van der Waals surface area contributed by atoms with Gasteiger partial charge in [0.2, 0.25) is 0 Å². The molecular formula is C7H12NO2S. The fourth-order valence-electron chi connectivity index (χ4n) is 1.30. The third-order valence-corrected chi connectivity index (χ3v) is 2.90. The molecule has 2 rings (SSSR count). The van der Waals surface area contributed by atoms with E-state index in [1.54, 1.807) is 0 Å². The van der Waals surface area contributed by atoms with E-state index in [2.05, 4.69) is 5.32 Å². The fraction of sp³-hybridized carbons (Fsp3) is 1.00. The van der Waals surface area contributed by atoms with Gasteiger partial charge in [0.1, 0.15) is 0 Å². The monoisotopic (exact) mass is 174 g/mol. The molecule has 11 heavy (non-hydrogen) atoms. The van der Waals surface area contributed by atoms with E-state index in [4.69, 9.17) is 9.47 Å². The SMILES string of the molecule is C1CSCC(C2OCCO2)[N]1. The first-order chi connectivity index (χ1) is 5.47. The molecule has 0 aromatic carbocycles. The number of thioether (sulfide) groups is 1. The number of ether oxygens (including phenoxy) is 2. The molecule has 3 nitrogen and oxygen atoms in total. The summed E-state index contributed by atoms with van der Waals surface area (Å²) in [6, 6.07) is 0.288. The molecule has 1 atom stereocenters. The van der Waals surface area contributed by atoms with E-state index < -0.39 is 0 Å². The van der Waals surface area contributed by atoms with Crippen LogP contribution < -0.4 is 5.32 Å². The summed E-state index contributed by atoms with van der Waals surface area (Å²) in [7, 11) is 0. The number of rotatable bonds is 1. The van der Waals surface area contributed by atoms with Crippen LogP contribution in [0.1, 0.15) is 0 Å². The summed E-state index contributed by atoms with van der Waals surface area (Å²) < 4.78 is 10.7. The average Bonchev–Trinajstić information content (AvgIpc) is 2.58. The molecule has 0 aliphatic carbocycles. The van der Waals surface area contributed by atoms with Gasteiger partial charge in [-0.05, 0) is 0 Å². The van der Waals surface area contributed by atoms with E-state index in [1.807, 2.05) is 11.8 Å². The van der Waals surface area contributed by atoms with Gasteiger partial charge in [0.25, 0.3) is 0 Å². The Morgan fingerprint density at radius 1 is 1.27 bits per heavy atom. The van der Waals surface area contributed by atoms with Crippen LogP contribution in [-0.2, 0) is 9.47 Å². The first kappa shape index (κ1) is 7.86. The predicted octanol–water partition coefficient (Wildman–Crippen LogP) is 0.0791. The van der Waals surface area contributed by atoms with Gasteiger partial charge in [0.15, 0.2) is 6.29 Å². The van der Waals surface area contributed by atoms with Crippen molar-refractivity contribution in [1.82, 2.24) is 5.32 Å². The van der Waals surface area contributed by atoms with Crippen molar-refractivity contribution < 1.29 is 9.47 Å². The molecule has 0 saturated carbocycles. The maximum atomic E-state index is 5.36. The largest absolute Gasteiger partial charge is 0.348 e. The second-order valence-corrected chi connectivity index (χ2v) is 3.81. The van der Waals surface area contributed by atoms with Crippen LogP contribution in [0.3, 0.4) is 0 Å². The standard InChI is InChI=1S/C7H12NO2S/c1-4-11-5-6(8-1)7-9-2-3-10-7/h6-7H,1-5H2. The van der Waals surface area contributed by atoms with Gasteiger partial charge < -0.3 is 9.47 Å². The minimum absolute atomic E-state index is 0.0391. The van der Waals surface area contributed by atoms with Gasteiger partial charge in [-0.3, -0.25) is 0 Å². The predicted molar refractivity (Wildman–Crippen MR) is 43.8 cm³/mol. The van der Waals surface area contributed by atoms with E-state index in [0.29, 0.717) is 0 Å². The number of nitrogens with zero attached hydrogens (tertiary/aromatic N) is 1. The van der Waals surface area contributed by atoms with E-state index in [1.165, 1.54) is 0 Å². The molecule has 2 aliphatic heterocycles. The summed E-state index contributed by atoms with van der Waals surface area (Å²) in [6.45, 7) is 2.43. The molecule has 0 bridgehead atoms. The molecule has 0 N–H and O–H groups in total. The van der Waals surface area contributed by atoms with Crippen LogP contribution in [-0.4, -0.2) is 43.6 Å². The topological polar surface area (TPSA) is 32.6 Å². The van der Waals surface area contributed by atoms with Crippen LogP contribution in [0.2, 0.25) is 0 Å². The van der Waals surface area contributed by atoms with Crippen molar-refractivity contribution in [3.05, 3.63) is 0 Å². The zero-order valence-electron chi connectivity index (χ0n) is 6.36. The van der Waals surface area contributed by atoms with Crippen molar-refractivity contribution in [3.63, 3.8) is 0 Å². The lowest BCUT2D eigenvalue weighted by atomic mass is 10.3. The molecule has 2 fully saturated rings. The molecule has 63 valence electrons. The molecule has 2 aliphatic rings. The summed E-state index contributed by atoms with van der Waals surface area (Å²) in [4.78, 5) is 0. The molecule has 0 amide bonds. The Morgan fingerprint density at radius 3 is 2.73 bits per heavy atom. The summed E-state index contributed by atoms with van der Waals surface area (Å²) in [5.74, 6) is 2.22. The highest BCUT2D eigenvalue weighted by atomic mass is 32.2. The molecular weight excluding hydrogens is 162 g/mol. The lowest BCUT2D eigenvalue weighted by molar-refractivity contribution is -0.0628. The Bertz CT molecular complexity index is 122. The quantitative estimate of drug-likeness (QED) is 0.564. The minimum atomic E-state index is -0.0391. The Hall–Kier alpha value is 0.230. The molecule has 0 spiro atoms. The smallest absolute Gasteiger partial charge is 0.175 e. The summed E-state index contributed by atoms with van der Waals surface area (Å²) in [6.07, 6.45) is -0.0391. The Balaban J connectivity index is 1.82. The van der Waals surface area contributed by atoms with Crippen LogP contribution in [0, 0.1) is 0 Å². The molecule has 1 radical (unpaired) electrons. The van der Waals surface area contributed by atoms with Crippen LogP contribution >= 0.6 is 11.8 Å². The lowest BCUT2D eigenvalue weighted by Gasteiger charge is -2.24. The van der Waals surface area contributed by atoms with Gasteiger partial charge in [-0.25, -0.2) is 5.32 Å². The molecule has 0 aromatic heterocycles. The minimum Gasteiger partial charge on any atom is -0.348 e. The van der Waals surface area contributed by atoms with Gasteiger partial charge >= 0.3 is 0 Å². The highest BCUT2D eigenvalue weighted by Crippen LogP contribution is 2.17. The van der Waals surface area contributed by atoms with Crippen molar-refractivity contribution in [2.75, 3.05) is 31.3 Å². The number of hydrogen-bond donors (Lipinski definition) is 0. The van der Waals surface area contributed by atoms with Crippen molar-refractivity contribution in [2.24, 2.45) is 0 Å². The maximum absolute atomic E-state index is 5.36. The van der Waals surface area contributed by atoms with Crippen LogP contribution in [0.25, 0.3) is 0 Å². The van der Waals surface area contributed by atoms with Crippen LogP contribution in [0.4, 0.5) is 0 Å². The van der Waals surface area contributed by atoms with E-state index in [-0.39, 0.29) is 12.3 Å². The first-order valence-corrected chi connectivity index (χ1v) is 5.10. The second-order valence-electron chi connectivity index (χ2n) is 2.66. The third-order valence-electron chi connectivity index (χ3n) is 1.85. The normalized spacial score (nSPS) is 34.4. The summed E-state index contributed by atoms with van der Waals surface area (Å²) >= 11 is 1.94. The van der Waals surface area contributed by atoms with Gasteiger partial charge in [-0.15, -0.1) is 0 Å². The number of hydrogen-bond acceptors (Lipinski definition) is 3. The Labute approximate surface area is 70.8 Å². The summed E-state index contributed by atoms with van der Waals surface area (Å²) in [5.41, 5.74) is 0. The molecule has 1 unspecified atom stereocenters. The van der Waals surface area contributed by atoms with Crippen molar-refractivity contribution in [2.45, 2.75) is 12.3 Å². The van der Waals surface area contributed by atoms with Gasteiger partial charge in [0, 0.05) is 18.1 Å². The lowest BCUT2D eigenvalue weighted by Crippen LogP contribution is -2.41. The molecule has 2 heterocycles. The van der Waals surface area contributed by atoms with Gasteiger partial charge in [-0.2, -0.15) is 11.8 Å². The average molecular weight is 174 g/mol. The van der Waals surface area contributed by atoms with Gasteiger partial charge in [-0.1, -0.05) is 0 Å².